The summed E-state index contributed by atoms with van der Waals surface area (Å²) in [5, 5.41) is 19.2. The molecule has 0 bridgehead atoms. The van der Waals surface area contributed by atoms with Gasteiger partial charge in [0.25, 0.3) is 0 Å². The second kappa shape index (κ2) is 37.6. The number of carbonyl (C=O) groups excluding carboxylic acids is 3. The number of ether oxygens (including phenoxy) is 3. The molecule has 53 heavy (non-hydrogen) atoms. The Balaban J connectivity index is 5.05. The van der Waals surface area contributed by atoms with Crippen molar-refractivity contribution in [3.8, 4) is 0 Å². The number of rotatable bonds is 39. The maximum Gasteiger partial charge on any atom is 0.348 e. The molecule has 9 nitrogen and oxygen atoms in total. The smallest absolute Gasteiger partial charge is 0.348 e. The van der Waals surface area contributed by atoms with Crippen LogP contribution < -0.4 is 0 Å². The Morgan fingerprint density at radius 1 is 0.604 bits per heavy atom. The number of aliphatic hydroxyl groups is 2. The van der Waals surface area contributed by atoms with Crippen LogP contribution in [0.3, 0.4) is 0 Å². The highest BCUT2D eigenvalue weighted by molar-refractivity contribution is 8.01. The Labute approximate surface area is 329 Å². The lowest BCUT2D eigenvalue weighted by Crippen LogP contribution is -2.40. The van der Waals surface area contributed by atoms with E-state index < -0.39 is 34.6 Å². The summed E-state index contributed by atoms with van der Waals surface area (Å²) in [5.74, 6) is -1.37. The number of unbranched alkanes of at least 4 members (excludes halogenated alkanes) is 17. The molecule has 0 amide bonds. The third kappa shape index (κ3) is 30.5. The highest BCUT2D eigenvalue weighted by Crippen LogP contribution is 2.29. The zero-order chi connectivity index (χ0) is 39.4. The van der Waals surface area contributed by atoms with E-state index in [2.05, 4.69) is 20.8 Å². The molecule has 0 saturated carbocycles. The maximum atomic E-state index is 13.3. The van der Waals surface area contributed by atoms with Crippen LogP contribution in [0.25, 0.3) is 0 Å². The second-order valence-corrected chi connectivity index (χ2v) is 16.5. The molecule has 314 valence electrons. The molecule has 0 aliphatic rings. The molecule has 4 unspecified atom stereocenters. The van der Waals surface area contributed by atoms with Crippen LogP contribution in [-0.2, 0) is 28.6 Å². The predicted molar refractivity (Wildman–Crippen MR) is 220 cm³/mol. The quantitative estimate of drug-likeness (QED) is 0.0355. The number of hydrogen-bond acceptors (Lipinski definition) is 10. The molecule has 4 atom stereocenters. The van der Waals surface area contributed by atoms with Gasteiger partial charge in [0.2, 0.25) is 6.10 Å². The minimum absolute atomic E-state index is 0.0316. The van der Waals surface area contributed by atoms with Crippen molar-refractivity contribution in [2.45, 2.75) is 218 Å². The first-order valence-electron chi connectivity index (χ1n) is 21.9. The van der Waals surface area contributed by atoms with Crippen LogP contribution in [0.2, 0.25) is 0 Å². The van der Waals surface area contributed by atoms with E-state index in [1.165, 1.54) is 88.8 Å². The van der Waals surface area contributed by atoms with Gasteiger partial charge in [0, 0.05) is 19.5 Å². The standard InChI is InChI=1S/C43H83NO8S/c1-6-10-13-15-17-18-19-20-21-23-26-35-51-42(48)37(5)53-39(29-24-12-8-3)41(43(49)50-34-9-4)52-40(47)30-27-31-44(32-33-45)36-38(46)28-25-22-16-14-11-7-2/h37-39,41,45-46H,6-36H2,1-5H3. The van der Waals surface area contributed by atoms with Gasteiger partial charge in [-0.3, -0.25) is 14.5 Å². The molecule has 0 aromatic rings. The maximum absolute atomic E-state index is 13.3. The molecule has 0 aromatic carbocycles. The van der Waals surface area contributed by atoms with Gasteiger partial charge in [0.1, 0.15) is 5.25 Å². The van der Waals surface area contributed by atoms with Crippen molar-refractivity contribution in [3.05, 3.63) is 0 Å². The summed E-state index contributed by atoms with van der Waals surface area (Å²) in [5.41, 5.74) is 0. The van der Waals surface area contributed by atoms with Crippen LogP contribution in [0.1, 0.15) is 195 Å². The predicted octanol–water partition coefficient (Wildman–Crippen LogP) is 9.96. The van der Waals surface area contributed by atoms with Crippen LogP contribution in [-0.4, -0.2) is 95.2 Å². The Morgan fingerprint density at radius 2 is 1.11 bits per heavy atom. The first kappa shape index (κ1) is 51.6. The molecule has 0 aliphatic heterocycles. The lowest BCUT2D eigenvalue weighted by Gasteiger charge is -2.27. The highest BCUT2D eigenvalue weighted by atomic mass is 32.2. The molecular weight excluding hydrogens is 691 g/mol. The Kier molecular flexibility index (Phi) is 36.6. The average molecular weight is 774 g/mol. The van der Waals surface area contributed by atoms with Crippen molar-refractivity contribution in [2.24, 2.45) is 0 Å². The summed E-state index contributed by atoms with van der Waals surface area (Å²) in [4.78, 5) is 41.5. The molecule has 0 aliphatic carbocycles. The molecule has 10 heteroatoms. The lowest BCUT2D eigenvalue weighted by atomic mass is 10.1. The van der Waals surface area contributed by atoms with Gasteiger partial charge in [-0.05, 0) is 45.6 Å². The number of thioether (sulfide) groups is 1. The molecule has 0 saturated heterocycles. The van der Waals surface area contributed by atoms with E-state index in [9.17, 15) is 24.6 Å². The van der Waals surface area contributed by atoms with Crippen molar-refractivity contribution in [2.75, 3.05) is 39.5 Å². The third-order valence-corrected chi connectivity index (χ3v) is 11.1. The topological polar surface area (TPSA) is 123 Å². The van der Waals surface area contributed by atoms with Crippen LogP contribution in [0.5, 0.6) is 0 Å². The van der Waals surface area contributed by atoms with Gasteiger partial charge in [0.05, 0.1) is 31.2 Å². The van der Waals surface area contributed by atoms with E-state index in [0.717, 1.165) is 57.8 Å². The van der Waals surface area contributed by atoms with E-state index in [0.29, 0.717) is 45.5 Å². The molecule has 0 aromatic heterocycles. The van der Waals surface area contributed by atoms with E-state index in [-0.39, 0.29) is 25.6 Å². The minimum Gasteiger partial charge on any atom is -0.465 e. The first-order valence-corrected chi connectivity index (χ1v) is 22.9. The molecule has 0 heterocycles. The van der Waals surface area contributed by atoms with E-state index >= 15 is 0 Å². The SMILES string of the molecule is CCCCCCCCCCCCCOC(=O)C(C)SC(CCCCC)C(OC(=O)CCCN(CCO)CC(O)CCCCCCCC)C(=O)OCCC. The molecule has 0 radical (unpaired) electrons. The third-order valence-electron chi connectivity index (χ3n) is 9.70. The fourth-order valence-electron chi connectivity index (χ4n) is 6.45. The number of carbonyl (C=O) groups is 3. The number of hydrogen-bond donors (Lipinski definition) is 2. The summed E-state index contributed by atoms with van der Waals surface area (Å²) >= 11 is 1.34. The molecule has 0 rings (SSSR count). The number of esters is 3. The van der Waals surface area contributed by atoms with Gasteiger partial charge < -0.3 is 24.4 Å². The number of aliphatic hydroxyl groups excluding tert-OH is 2. The second-order valence-electron chi connectivity index (χ2n) is 14.9. The first-order chi connectivity index (χ1) is 25.7. The van der Waals surface area contributed by atoms with E-state index in [4.69, 9.17) is 14.2 Å². The number of nitrogens with zero attached hydrogens (tertiary/aromatic N) is 1. The van der Waals surface area contributed by atoms with Crippen molar-refractivity contribution in [1.82, 2.24) is 4.90 Å². The average Bonchev–Trinajstić information content (AvgIpc) is 3.14. The monoisotopic (exact) mass is 774 g/mol. The summed E-state index contributed by atoms with van der Waals surface area (Å²) in [6.07, 6.45) is 24.2. The van der Waals surface area contributed by atoms with E-state index in [1.54, 1.807) is 6.92 Å². The Morgan fingerprint density at radius 3 is 1.68 bits per heavy atom. The Bertz CT molecular complexity index is 862. The van der Waals surface area contributed by atoms with Gasteiger partial charge >= 0.3 is 17.9 Å². The van der Waals surface area contributed by atoms with Gasteiger partial charge in [-0.15, -0.1) is 11.8 Å². The summed E-state index contributed by atoms with van der Waals surface area (Å²) in [7, 11) is 0. The van der Waals surface area contributed by atoms with Gasteiger partial charge in [-0.2, -0.15) is 0 Å². The highest BCUT2D eigenvalue weighted by Gasteiger charge is 2.36. The minimum atomic E-state index is -1.12. The van der Waals surface area contributed by atoms with Gasteiger partial charge in [0.15, 0.2) is 0 Å². The van der Waals surface area contributed by atoms with Crippen molar-refractivity contribution in [3.63, 3.8) is 0 Å². The summed E-state index contributed by atoms with van der Waals surface area (Å²) in [6.45, 7) is 12.2. The van der Waals surface area contributed by atoms with Gasteiger partial charge in [-0.25, -0.2) is 4.79 Å². The van der Waals surface area contributed by atoms with Crippen molar-refractivity contribution < 1.29 is 38.8 Å². The van der Waals surface area contributed by atoms with Crippen LogP contribution in [0.15, 0.2) is 0 Å². The fraction of sp³-hybridized carbons (Fsp3) is 0.930. The molecule has 0 spiro atoms. The van der Waals surface area contributed by atoms with E-state index in [1.807, 2.05) is 11.8 Å². The summed E-state index contributed by atoms with van der Waals surface area (Å²) in [6, 6.07) is 0. The van der Waals surface area contributed by atoms with Crippen molar-refractivity contribution in [1.29, 1.82) is 0 Å². The zero-order valence-electron chi connectivity index (χ0n) is 34.9. The van der Waals surface area contributed by atoms with Crippen LogP contribution in [0.4, 0.5) is 0 Å². The summed E-state index contributed by atoms with van der Waals surface area (Å²) < 4.78 is 17.0. The van der Waals surface area contributed by atoms with Gasteiger partial charge in [-0.1, -0.05) is 150 Å². The zero-order valence-corrected chi connectivity index (χ0v) is 35.7. The normalized spacial score (nSPS) is 13.8. The largest absolute Gasteiger partial charge is 0.465 e. The fourth-order valence-corrected chi connectivity index (χ4v) is 7.77. The molecule has 0 fully saturated rings. The van der Waals surface area contributed by atoms with Crippen molar-refractivity contribution >= 4 is 29.7 Å². The lowest BCUT2D eigenvalue weighted by molar-refractivity contribution is -0.168. The Hall–Kier alpha value is -1.36. The molecular formula is C43H83NO8S. The van der Waals surface area contributed by atoms with Crippen LogP contribution >= 0.6 is 11.8 Å². The van der Waals surface area contributed by atoms with Crippen LogP contribution in [0, 0.1) is 0 Å². The molecule has 2 N–H and O–H groups in total.